The fourth-order valence-electron chi connectivity index (χ4n) is 4.18. The van der Waals surface area contributed by atoms with Gasteiger partial charge in [-0.05, 0) is 43.1 Å². The number of hydrogen-bond acceptors (Lipinski definition) is 1. The van der Waals surface area contributed by atoms with Gasteiger partial charge < -0.3 is 0 Å². The SMILES string of the molecule is C[C@H]1C[C@H]2C=CC(=O)[C@]23CCC[C@H]13. The van der Waals surface area contributed by atoms with Crippen molar-refractivity contribution < 1.29 is 4.79 Å². The van der Waals surface area contributed by atoms with Crippen LogP contribution >= 0.6 is 0 Å². The molecule has 13 heavy (non-hydrogen) atoms. The minimum absolute atomic E-state index is 0.0966. The normalized spacial score (nSPS) is 52.7. The van der Waals surface area contributed by atoms with Crippen molar-refractivity contribution in [3.8, 4) is 0 Å². The first-order chi connectivity index (χ1) is 6.25. The molecule has 2 saturated carbocycles. The summed E-state index contributed by atoms with van der Waals surface area (Å²) in [6.07, 6.45) is 9.04. The minimum atomic E-state index is 0.0966. The molecule has 0 aromatic heterocycles. The van der Waals surface area contributed by atoms with E-state index in [2.05, 4.69) is 13.0 Å². The van der Waals surface area contributed by atoms with E-state index < -0.39 is 0 Å². The predicted octanol–water partition coefficient (Wildman–Crippen LogP) is 2.57. The molecular formula is C12H16O. The summed E-state index contributed by atoms with van der Waals surface area (Å²) in [6, 6.07) is 0. The highest BCUT2D eigenvalue weighted by Crippen LogP contribution is 2.62. The first kappa shape index (κ1) is 7.78. The van der Waals surface area contributed by atoms with Gasteiger partial charge in [0, 0.05) is 5.41 Å². The van der Waals surface area contributed by atoms with Gasteiger partial charge in [-0.3, -0.25) is 4.79 Å². The number of hydrogen-bond donors (Lipinski definition) is 0. The maximum absolute atomic E-state index is 11.9. The van der Waals surface area contributed by atoms with Crippen LogP contribution in [-0.2, 0) is 4.79 Å². The van der Waals surface area contributed by atoms with Gasteiger partial charge in [-0.2, -0.15) is 0 Å². The van der Waals surface area contributed by atoms with Crippen molar-refractivity contribution in [2.24, 2.45) is 23.2 Å². The molecule has 0 bridgehead atoms. The van der Waals surface area contributed by atoms with Crippen LogP contribution in [0, 0.1) is 23.2 Å². The summed E-state index contributed by atoms with van der Waals surface area (Å²) >= 11 is 0. The van der Waals surface area contributed by atoms with Crippen LogP contribution in [-0.4, -0.2) is 5.78 Å². The smallest absolute Gasteiger partial charge is 0.162 e. The Bertz CT molecular complexity index is 291. The van der Waals surface area contributed by atoms with Crippen LogP contribution in [0.25, 0.3) is 0 Å². The fraction of sp³-hybridized carbons (Fsp3) is 0.750. The van der Waals surface area contributed by atoms with Crippen molar-refractivity contribution in [1.29, 1.82) is 0 Å². The molecule has 0 aliphatic heterocycles. The van der Waals surface area contributed by atoms with Gasteiger partial charge in [0.05, 0.1) is 0 Å². The number of carbonyl (C=O) groups excluding carboxylic acids is 1. The van der Waals surface area contributed by atoms with Crippen molar-refractivity contribution >= 4 is 5.78 Å². The van der Waals surface area contributed by atoms with E-state index in [1.165, 1.54) is 25.7 Å². The Morgan fingerprint density at radius 3 is 3.23 bits per heavy atom. The molecule has 0 amide bonds. The molecule has 0 heterocycles. The Morgan fingerprint density at radius 2 is 2.38 bits per heavy atom. The third kappa shape index (κ3) is 0.722. The van der Waals surface area contributed by atoms with Crippen LogP contribution in [0.4, 0.5) is 0 Å². The summed E-state index contributed by atoms with van der Waals surface area (Å²) in [5.74, 6) is 2.54. The summed E-state index contributed by atoms with van der Waals surface area (Å²) in [5, 5.41) is 0. The summed E-state index contributed by atoms with van der Waals surface area (Å²) in [7, 11) is 0. The Hall–Kier alpha value is -0.590. The Morgan fingerprint density at radius 1 is 1.54 bits per heavy atom. The van der Waals surface area contributed by atoms with Crippen LogP contribution in [0.1, 0.15) is 32.6 Å². The van der Waals surface area contributed by atoms with Crippen molar-refractivity contribution in [2.75, 3.05) is 0 Å². The predicted molar refractivity (Wildman–Crippen MR) is 51.2 cm³/mol. The second-order valence-corrected chi connectivity index (χ2v) is 5.08. The molecular weight excluding hydrogens is 160 g/mol. The molecule has 0 N–H and O–H groups in total. The third-order valence-electron chi connectivity index (χ3n) is 4.68. The molecule has 0 aromatic rings. The largest absolute Gasteiger partial charge is 0.294 e. The van der Waals surface area contributed by atoms with Crippen LogP contribution in [0.15, 0.2) is 12.2 Å². The van der Waals surface area contributed by atoms with Crippen LogP contribution in [0.5, 0.6) is 0 Å². The Labute approximate surface area is 79.2 Å². The molecule has 0 radical (unpaired) electrons. The fourth-order valence-corrected chi connectivity index (χ4v) is 4.18. The van der Waals surface area contributed by atoms with E-state index in [1.807, 2.05) is 6.08 Å². The topological polar surface area (TPSA) is 17.1 Å². The lowest BCUT2D eigenvalue weighted by Crippen LogP contribution is -2.32. The average molecular weight is 176 g/mol. The first-order valence-electron chi connectivity index (χ1n) is 5.48. The molecule has 2 fully saturated rings. The van der Waals surface area contributed by atoms with Crippen LogP contribution in [0.3, 0.4) is 0 Å². The zero-order valence-electron chi connectivity index (χ0n) is 8.12. The van der Waals surface area contributed by atoms with E-state index in [1.54, 1.807) is 0 Å². The van der Waals surface area contributed by atoms with Gasteiger partial charge in [0.1, 0.15) is 0 Å². The number of rotatable bonds is 0. The maximum atomic E-state index is 11.9. The molecule has 70 valence electrons. The lowest BCUT2D eigenvalue weighted by Gasteiger charge is -2.28. The first-order valence-corrected chi connectivity index (χ1v) is 5.48. The van der Waals surface area contributed by atoms with Gasteiger partial charge in [0.2, 0.25) is 0 Å². The van der Waals surface area contributed by atoms with Crippen molar-refractivity contribution in [3.05, 3.63) is 12.2 Å². The summed E-state index contributed by atoms with van der Waals surface area (Å²) in [6.45, 7) is 2.33. The monoisotopic (exact) mass is 176 g/mol. The highest BCUT2D eigenvalue weighted by atomic mass is 16.1. The average Bonchev–Trinajstić information content (AvgIpc) is 2.70. The van der Waals surface area contributed by atoms with Crippen LogP contribution in [0.2, 0.25) is 0 Å². The lowest BCUT2D eigenvalue weighted by molar-refractivity contribution is -0.125. The van der Waals surface area contributed by atoms with Crippen molar-refractivity contribution in [1.82, 2.24) is 0 Å². The lowest BCUT2D eigenvalue weighted by atomic mass is 9.73. The van der Waals surface area contributed by atoms with E-state index in [0.29, 0.717) is 17.6 Å². The van der Waals surface area contributed by atoms with Crippen molar-refractivity contribution in [2.45, 2.75) is 32.6 Å². The molecule has 1 spiro atoms. The molecule has 1 heteroatoms. The maximum Gasteiger partial charge on any atom is 0.162 e. The molecule has 3 aliphatic carbocycles. The zero-order valence-corrected chi connectivity index (χ0v) is 8.12. The molecule has 0 aromatic carbocycles. The van der Waals surface area contributed by atoms with E-state index in [9.17, 15) is 4.79 Å². The molecule has 3 rings (SSSR count). The summed E-state index contributed by atoms with van der Waals surface area (Å²) in [4.78, 5) is 11.9. The van der Waals surface area contributed by atoms with Gasteiger partial charge in [-0.15, -0.1) is 0 Å². The van der Waals surface area contributed by atoms with Crippen LogP contribution < -0.4 is 0 Å². The van der Waals surface area contributed by atoms with E-state index in [-0.39, 0.29) is 5.41 Å². The van der Waals surface area contributed by atoms with E-state index >= 15 is 0 Å². The molecule has 3 aliphatic rings. The van der Waals surface area contributed by atoms with E-state index in [4.69, 9.17) is 0 Å². The van der Waals surface area contributed by atoms with Gasteiger partial charge in [0.15, 0.2) is 5.78 Å². The molecule has 1 nitrogen and oxygen atoms in total. The van der Waals surface area contributed by atoms with Gasteiger partial charge in [-0.25, -0.2) is 0 Å². The summed E-state index contributed by atoms with van der Waals surface area (Å²) in [5.41, 5.74) is 0.0966. The molecule has 4 atom stereocenters. The number of ketones is 1. The Balaban J connectivity index is 2.09. The number of carbonyl (C=O) groups is 1. The second kappa shape index (κ2) is 2.26. The highest BCUT2D eigenvalue weighted by Gasteiger charge is 2.60. The zero-order chi connectivity index (χ0) is 9.05. The minimum Gasteiger partial charge on any atom is -0.294 e. The third-order valence-corrected chi connectivity index (χ3v) is 4.68. The van der Waals surface area contributed by atoms with E-state index in [0.717, 1.165) is 5.92 Å². The van der Waals surface area contributed by atoms with Gasteiger partial charge in [-0.1, -0.05) is 19.4 Å². The summed E-state index contributed by atoms with van der Waals surface area (Å²) < 4.78 is 0. The standard InChI is InChI=1S/C12H16O/c1-8-7-9-4-5-11(13)12(9)6-2-3-10(8)12/h4-5,8-10H,2-3,6-7H2,1H3/t8-,9+,10+,12+/m0/s1. The molecule has 0 unspecified atom stereocenters. The van der Waals surface area contributed by atoms with Gasteiger partial charge >= 0.3 is 0 Å². The van der Waals surface area contributed by atoms with Gasteiger partial charge in [0.25, 0.3) is 0 Å². The quantitative estimate of drug-likeness (QED) is 0.554. The molecule has 0 saturated heterocycles. The van der Waals surface area contributed by atoms with Crippen molar-refractivity contribution in [3.63, 3.8) is 0 Å². The Kier molecular flexibility index (Phi) is 1.35. The second-order valence-electron chi connectivity index (χ2n) is 5.08. The highest BCUT2D eigenvalue weighted by molar-refractivity contribution is 5.98. The number of allylic oxidation sites excluding steroid dienone is 2.